The summed E-state index contributed by atoms with van der Waals surface area (Å²) in [5.74, 6) is 2.72. The molecule has 1 fully saturated rings. The summed E-state index contributed by atoms with van der Waals surface area (Å²) < 4.78 is 16.6. The summed E-state index contributed by atoms with van der Waals surface area (Å²) >= 11 is 6.67. The van der Waals surface area contributed by atoms with Crippen molar-refractivity contribution >= 4 is 40.3 Å². The average molecular weight is 389 g/mol. The first-order valence-electron chi connectivity index (χ1n) is 8.04. The molecule has 0 atom stereocenters. The quantitative estimate of drug-likeness (QED) is 0.549. The molecule has 0 bridgehead atoms. The fraction of sp³-hybridized carbons (Fsp3) is 0.263. The molecule has 0 aliphatic carbocycles. The van der Waals surface area contributed by atoms with Crippen molar-refractivity contribution < 1.29 is 18.7 Å². The van der Waals surface area contributed by atoms with Crippen LogP contribution in [0.25, 0.3) is 6.08 Å². The summed E-state index contributed by atoms with van der Waals surface area (Å²) in [6.07, 6.45) is 2.41. The number of carbonyl (C=O) groups excluding carboxylic acids is 1. The number of ether oxygens (including phenoxy) is 2. The number of amides is 1. The van der Waals surface area contributed by atoms with E-state index in [1.54, 1.807) is 25.2 Å². The monoisotopic (exact) mass is 389 g/mol. The van der Waals surface area contributed by atoms with Crippen LogP contribution in [0.15, 0.2) is 39.7 Å². The zero-order valence-corrected chi connectivity index (χ0v) is 16.4. The Bertz CT molecular complexity index is 872. The summed E-state index contributed by atoms with van der Waals surface area (Å²) in [4.78, 5) is 14.8. The molecule has 1 aromatic carbocycles. The number of aryl methyl sites for hydroxylation is 1. The third-order valence-electron chi connectivity index (χ3n) is 3.98. The van der Waals surface area contributed by atoms with Crippen LogP contribution in [0.1, 0.15) is 17.1 Å². The van der Waals surface area contributed by atoms with Crippen LogP contribution in [0, 0.1) is 6.92 Å². The van der Waals surface area contributed by atoms with Gasteiger partial charge >= 0.3 is 0 Å². The Morgan fingerprint density at radius 3 is 2.62 bits per heavy atom. The lowest BCUT2D eigenvalue weighted by molar-refractivity contribution is -0.122. The Labute approximate surface area is 162 Å². The first-order chi connectivity index (χ1) is 12.5. The highest BCUT2D eigenvalue weighted by molar-refractivity contribution is 8.26. The topological polar surface area (TPSA) is 51.9 Å². The van der Waals surface area contributed by atoms with Gasteiger partial charge in [0.15, 0.2) is 11.5 Å². The number of methoxy groups -OCH3 is 2. The SMILES string of the molecule is COc1ccc(CCN2C(=O)/C(=C\c3ccc(C)o3)SC2=S)cc1OC. The third-order valence-corrected chi connectivity index (χ3v) is 5.36. The maximum Gasteiger partial charge on any atom is 0.266 e. The summed E-state index contributed by atoms with van der Waals surface area (Å²) in [5.41, 5.74) is 1.04. The molecule has 1 saturated heterocycles. The Morgan fingerprint density at radius 1 is 1.19 bits per heavy atom. The molecule has 0 N–H and O–H groups in total. The van der Waals surface area contributed by atoms with Crippen molar-refractivity contribution in [2.24, 2.45) is 0 Å². The van der Waals surface area contributed by atoms with Crippen molar-refractivity contribution in [1.82, 2.24) is 4.90 Å². The van der Waals surface area contributed by atoms with Crippen LogP contribution >= 0.6 is 24.0 Å². The molecule has 0 unspecified atom stereocenters. The van der Waals surface area contributed by atoms with Gasteiger partial charge in [0.1, 0.15) is 15.8 Å². The molecule has 1 aliphatic heterocycles. The van der Waals surface area contributed by atoms with Crippen LogP contribution in [0.5, 0.6) is 11.5 Å². The fourth-order valence-electron chi connectivity index (χ4n) is 2.63. The van der Waals surface area contributed by atoms with Crippen molar-refractivity contribution in [1.29, 1.82) is 0 Å². The predicted octanol–water partition coefficient (Wildman–Crippen LogP) is 4.05. The summed E-state index contributed by atoms with van der Waals surface area (Å²) in [6, 6.07) is 9.44. The van der Waals surface area contributed by atoms with E-state index < -0.39 is 0 Å². The molecule has 1 aliphatic rings. The van der Waals surface area contributed by atoms with E-state index >= 15 is 0 Å². The maximum absolute atomic E-state index is 12.6. The molecular weight excluding hydrogens is 370 g/mol. The van der Waals surface area contributed by atoms with Crippen molar-refractivity contribution in [3.8, 4) is 11.5 Å². The number of thioether (sulfide) groups is 1. The van der Waals surface area contributed by atoms with E-state index in [9.17, 15) is 4.79 Å². The summed E-state index contributed by atoms with van der Waals surface area (Å²) in [5, 5.41) is 0. The smallest absolute Gasteiger partial charge is 0.266 e. The molecule has 7 heteroatoms. The molecule has 2 heterocycles. The van der Waals surface area contributed by atoms with Crippen LogP contribution in [0.2, 0.25) is 0 Å². The normalized spacial score (nSPS) is 15.8. The van der Waals surface area contributed by atoms with Gasteiger partial charge in [-0.3, -0.25) is 9.69 Å². The number of benzene rings is 1. The minimum absolute atomic E-state index is 0.0884. The minimum Gasteiger partial charge on any atom is -0.493 e. The first kappa shape index (κ1) is 18.5. The van der Waals surface area contributed by atoms with E-state index in [1.807, 2.05) is 37.3 Å². The molecule has 0 saturated carbocycles. The molecule has 0 spiro atoms. The van der Waals surface area contributed by atoms with Crippen LogP contribution < -0.4 is 9.47 Å². The highest BCUT2D eigenvalue weighted by atomic mass is 32.2. The molecule has 1 aromatic heterocycles. The lowest BCUT2D eigenvalue weighted by Crippen LogP contribution is -2.30. The molecule has 0 radical (unpaired) electrons. The zero-order valence-electron chi connectivity index (χ0n) is 14.8. The van der Waals surface area contributed by atoms with Crippen molar-refractivity contribution in [3.63, 3.8) is 0 Å². The minimum atomic E-state index is -0.0884. The maximum atomic E-state index is 12.6. The standard InChI is InChI=1S/C19H19NO4S2/c1-12-4-6-14(24-12)11-17-18(21)20(19(25)26-17)9-8-13-5-7-15(22-2)16(10-13)23-3/h4-7,10-11H,8-9H2,1-3H3/b17-11+. The zero-order chi connectivity index (χ0) is 18.7. The highest BCUT2D eigenvalue weighted by Crippen LogP contribution is 2.33. The average Bonchev–Trinajstić information content (AvgIpc) is 3.16. The van der Waals surface area contributed by atoms with Gasteiger partial charge in [0, 0.05) is 12.6 Å². The number of hydrogen-bond donors (Lipinski definition) is 0. The van der Waals surface area contributed by atoms with Gasteiger partial charge in [-0.2, -0.15) is 0 Å². The van der Waals surface area contributed by atoms with E-state index in [0.29, 0.717) is 39.5 Å². The first-order valence-corrected chi connectivity index (χ1v) is 9.27. The van der Waals surface area contributed by atoms with E-state index in [2.05, 4.69) is 0 Å². The largest absolute Gasteiger partial charge is 0.493 e. The van der Waals surface area contributed by atoms with Crippen LogP contribution in [-0.4, -0.2) is 35.9 Å². The number of hydrogen-bond acceptors (Lipinski definition) is 6. The summed E-state index contributed by atoms with van der Waals surface area (Å²) in [6.45, 7) is 2.38. The van der Waals surface area contributed by atoms with E-state index in [-0.39, 0.29) is 5.91 Å². The van der Waals surface area contributed by atoms with Gasteiger partial charge in [0.25, 0.3) is 5.91 Å². The molecule has 1 amide bonds. The van der Waals surface area contributed by atoms with Crippen molar-refractivity contribution in [2.45, 2.75) is 13.3 Å². The molecule has 26 heavy (non-hydrogen) atoms. The van der Waals surface area contributed by atoms with Gasteiger partial charge in [0.05, 0.1) is 19.1 Å². The van der Waals surface area contributed by atoms with E-state index in [4.69, 9.17) is 26.1 Å². The molecule has 136 valence electrons. The van der Waals surface area contributed by atoms with Crippen LogP contribution in [0.4, 0.5) is 0 Å². The number of carbonyl (C=O) groups is 1. The third kappa shape index (κ3) is 3.94. The number of rotatable bonds is 6. The lowest BCUT2D eigenvalue weighted by atomic mass is 10.1. The second-order valence-electron chi connectivity index (χ2n) is 5.72. The van der Waals surface area contributed by atoms with Gasteiger partial charge in [-0.05, 0) is 43.2 Å². The second-order valence-corrected chi connectivity index (χ2v) is 7.40. The lowest BCUT2D eigenvalue weighted by Gasteiger charge is -2.15. The van der Waals surface area contributed by atoms with Gasteiger partial charge in [0.2, 0.25) is 0 Å². The predicted molar refractivity (Wildman–Crippen MR) is 107 cm³/mol. The fourth-order valence-corrected chi connectivity index (χ4v) is 3.92. The Hall–Kier alpha value is -2.25. The molecule has 2 aromatic rings. The number of nitrogens with zero attached hydrogens (tertiary/aromatic N) is 1. The van der Waals surface area contributed by atoms with Crippen LogP contribution in [0.3, 0.4) is 0 Å². The van der Waals surface area contributed by atoms with Crippen molar-refractivity contribution in [2.75, 3.05) is 20.8 Å². The van der Waals surface area contributed by atoms with Gasteiger partial charge in [-0.25, -0.2) is 0 Å². The van der Waals surface area contributed by atoms with Crippen molar-refractivity contribution in [3.05, 3.63) is 52.3 Å². The number of thiocarbonyl (C=S) groups is 1. The Balaban J connectivity index is 1.69. The summed E-state index contributed by atoms with van der Waals surface area (Å²) in [7, 11) is 3.20. The molecule has 3 rings (SSSR count). The Kier molecular flexibility index (Phi) is 5.68. The van der Waals surface area contributed by atoms with Gasteiger partial charge < -0.3 is 13.9 Å². The van der Waals surface area contributed by atoms with Gasteiger partial charge in [-0.15, -0.1) is 0 Å². The molecule has 5 nitrogen and oxygen atoms in total. The number of furan rings is 1. The Morgan fingerprint density at radius 2 is 1.96 bits per heavy atom. The van der Waals surface area contributed by atoms with E-state index in [1.165, 1.54) is 11.8 Å². The van der Waals surface area contributed by atoms with Gasteiger partial charge in [-0.1, -0.05) is 30.0 Å². The molecular formula is C19H19NO4S2. The highest BCUT2D eigenvalue weighted by Gasteiger charge is 2.31. The van der Waals surface area contributed by atoms with Crippen LogP contribution in [-0.2, 0) is 11.2 Å². The van der Waals surface area contributed by atoms with E-state index in [0.717, 1.165) is 11.3 Å². The second kappa shape index (κ2) is 7.97.